The summed E-state index contributed by atoms with van der Waals surface area (Å²) in [5.74, 6) is -0.385. The number of aryl methyl sites for hydroxylation is 1. The average Bonchev–Trinajstić information content (AvgIpc) is 2.90. The Balaban J connectivity index is 2.12. The van der Waals surface area contributed by atoms with E-state index in [2.05, 4.69) is 15.0 Å². The Morgan fingerprint density at radius 3 is 2.68 bits per heavy atom. The quantitative estimate of drug-likeness (QED) is 0.844. The van der Waals surface area contributed by atoms with E-state index in [0.717, 1.165) is 9.88 Å². The summed E-state index contributed by atoms with van der Waals surface area (Å²) in [6, 6.07) is 6.52. The Morgan fingerprint density at radius 1 is 1.32 bits per heavy atom. The molecule has 118 valence electrons. The highest BCUT2D eigenvalue weighted by molar-refractivity contribution is 7.92. The second-order valence-corrected chi connectivity index (χ2v) is 7.91. The second-order valence-electron chi connectivity index (χ2n) is 4.58. The summed E-state index contributed by atoms with van der Waals surface area (Å²) in [6.45, 7) is 3.79. The van der Waals surface area contributed by atoms with Crippen LogP contribution in [-0.4, -0.2) is 25.1 Å². The van der Waals surface area contributed by atoms with Crippen LogP contribution in [0.2, 0.25) is 0 Å². The molecule has 6 nitrogen and oxygen atoms in total. The van der Waals surface area contributed by atoms with Crippen molar-refractivity contribution in [1.82, 2.24) is 10.3 Å². The SMILES string of the molecule is CCS(=O)(=O)Nc1ccccc1C(=O)NCc1cnc(C)s1. The number of thiazole rings is 1. The molecule has 8 heteroatoms. The third-order valence-corrected chi connectivity index (χ3v) is 5.11. The van der Waals surface area contributed by atoms with Gasteiger partial charge in [-0.1, -0.05) is 12.1 Å². The van der Waals surface area contributed by atoms with Gasteiger partial charge in [0.15, 0.2) is 0 Å². The number of anilines is 1. The number of hydrogen-bond donors (Lipinski definition) is 2. The maximum Gasteiger partial charge on any atom is 0.253 e. The van der Waals surface area contributed by atoms with E-state index in [9.17, 15) is 13.2 Å². The van der Waals surface area contributed by atoms with E-state index < -0.39 is 10.0 Å². The molecule has 1 amide bonds. The third-order valence-electron chi connectivity index (χ3n) is 2.91. The van der Waals surface area contributed by atoms with Crippen molar-refractivity contribution in [2.75, 3.05) is 10.5 Å². The first-order chi connectivity index (χ1) is 10.4. The number of nitrogens with zero attached hydrogens (tertiary/aromatic N) is 1. The maximum absolute atomic E-state index is 12.3. The van der Waals surface area contributed by atoms with Crippen LogP contribution in [0.4, 0.5) is 5.69 Å². The van der Waals surface area contributed by atoms with Crippen molar-refractivity contribution in [3.05, 3.63) is 45.9 Å². The average molecular weight is 339 g/mol. The lowest BCUT2D eigenvalue weighted by Gasteiger charge is -2.11. The van der Waals surface area contributed by atoms with E-state index in [1.54, 1.807) is 30.5 Å². The molecule has 1 aromatic carbocycles. The minimum atomic E-state index is -3.43. The Bertz CT molecular complexity index is 769. The predicted octanol–water partition coefficient (Wildman–Crippen LogP) is 2.14. The second kappa shape index (κ2) is 6.89. The number of amides is 1. The minimum absolute atomic E-state index is 0.0525. The molecule has 1 heterocycles. The van der Waals surface area contributed by atoms with Gasteiger partial charge in [-0.3, -0.25) is 9.52 Å². The van der Waals surface area contributed by atoms with Crippen molar-refractivity contribution < 1.29 is 13.2 Å². The number of sulfonamides is 1. The van der Waals surface area contributed by atoms with Gasteiger partial charge < -0.3 is 5.32 Å². The first-order valence-corrected chi connectivity index (χ1v) is 9.17. The van der Waals surface area contributed by atoms with Crippen LogP contribution >= 0.6 is 11.3 Å². The van der Waals surface area contributed by atoms with Gasteiger partial charge in [0.2, 0.25) is 10.0 Å². The van der Waals surface area contributed by atoms with Crippen molar-refractivity contribution in [1.29, 1.82) is 0 Å². The van der Waals surface area contributed by atoms with Crippen LogP contribution in [0.5, 0.6) is 0 Å². The van der Waals surface area contributed by atoms with E-state index in [4.69, 9.17) is 0 Å². The van der Waals surface area contributed by atoms with Crippen LogP contribution in [0.15, 0.2) is 30.5 Å². The van der Waals surface area contributed by atoms with Crippen molar-refractivity contribution in [3.63, 3.8) is 0 Å². The Hall–Kier alpha value is -1.93. The molecule has 2 aromatic rings. The fourth-order valence-corrected chi connectivity index (χ4v) is 3.15. The van der Waals surface area contributed by atoms with Gasteiger partial charge in [0.25, 0.3) is 5.91 Å². The fourth-order valence-electron chi connectivity index (χ4n) is 1.76. The zero-order chi connectivity index (χ0) is 16.2. The smallest absolute Gasteiger partial charge is 0.253 e. The molecule has 1 aromatic heterocycles. The first kappa shape index (κ1) is 16.4. The zero-order valence-electron chi connectivity index (χ0n) is 12.3. The van der Waals surface area contributed by atoms with Crippen LogP contribution in [0, 0.1) is 6.92 Å². The van der Waals surface area contributed by atoms with Crippen molar-refractivity contribution >= 4 is 33.0 Å². The number of para-hydroxylation sites is 1. The van der Waals surface area contributed by atoms with Crippen LogP contribution in [0.3, 0.4) is 0 Å². The standard InChI is InChI=1S/C14H17N3O3S2/c1-3-22(19,20)17-13-7-5-4-6-12(13)14(18)16-9-11-8-15-10(2)21-11/h4-8,17H,3,9H2,1-2H3,(H,16,18). The Labute approximate surface area is 133 Å². The molecule has 0 fully saturated rings. The summed E-state index contributed by atoms with van der Waals surface area (Å²) in [7, 11) is -3.43. The predicted molar refractivity (Wildman–Crippen MR) is 87.5 cm³/mol. The van der Waals surface area contributed by atoms with Crippen LogP contribution in [0.25, 0.3) is 0 Å². The lowest BCUT2D eigenvalue weighted by Crippen LogP contribution is -2.25. The molecule has 0 atom stereocenters. The van der Waals surface area contributed by atoms with Gasteiger partial charge in [-0.05, 0) is 26.0 Å². The van der Waals surface area contributed by atoms with Gasteiger partial charge in [-0.25, -0.2) is 13.4 Å². The maximum atomic E-state index is 12.3. The molecule has 0 aliphatic carbocycles. The number of aromatic nitrogens is 1. The van der Waals surface area contributed by atoms with E-state index in [-0.39, 0.29) is 17.3 Å². The third kappa shape index (κ3) is 4.28. The van der Waals surface area contributed by atoms with E-state index >= 15 is 0 Å². The van der Waals surface area contributed by atoms with Crippen LogP contribution < -0.4 is 10.0 Å². The normalized spacial score (nSPS) is 11.2. The van der Waals surface area contributed by atoms with E-state index in [0.29, 0.717) is 12.1 Å². The molecule has 0 aliphatic rings. The van der Waals surface area contributed by atoms with E-state index in [1.165, 1.54) is 18.3 Å². The molecule has 0 radical (unpaired) electrons. The molecule has 2 rings (SSSR count). The number of benzene rings is 1. The lowest BCUT2D eigenvalue weighted by molar-refractivity contribution is 0.0952. The van der Waals surface area contributed by atoms with Crippen LogP contribution in [0.1, 0.15) is 27.2 Å². The highest BCUT2D eigenvalue weighted by Crippen LogP contribution is 2.17. The highest BCUT2D eigenvalue weighted by Gasteiger charge is 2.15. The monoisotopic (exact) mass is 339 g/mol. The molecular formula is C14H17N3O3S2. The van der Waals surface area contributed by atoms with Gasteiger partial charge >= 0.3 is 0 Å². The highest BCUT2D eigenvalue weighted by atomic mass is 32.2. The molecule has 0 unspecified atom stereocenters. The van der Waals surface area contributed by atoms with Gasteiger partial charge in [-0.15, -0.1) is 11.3 Å². The zero-order valence-corrected chi connectivity index (χ0v) is 13.9. The fraction of sp³-hybridized carbons (Fsp3) is 0.286. The molecule has 22 heavy (non-hydrogen) atoms. The summed E-state index contributed by atoms with van der Waals surface area (Å²) < 4.78 is 25.8. The molecule has 0 bridgehead atoms. The molecule has 0 spiro atoms. The number of carbonyl (C=O) groups excluding carboxylic acids is 1. The van der Waals surface area contributed by atoms with Gasteiger partial charge in [0, 0.05) is 11.1 Å². The minimum Gasteiger partial charge on any atom is -0.347 e. The Kier molecular flexibility index (Phi) is 5.15. The summed E-state index contributed by atoms with van der Waals surface area (Å²) in [5.41, 5.74) is 0.572. The van der Waals surface area contributed by atoms with Crippen LogP contribution in [-0.2, 0) is 16.6 Å². The van der Waals surface area contributed by atoms with Crippen molar-refractivity contribution in [3.8, 4) is 0 Å². The number of rotatable bonds is 6. The van der Waals surface area contributed by atoms with E-state index in [1.807, 2.05) is 6.92 Å². The summed E-state index contributed by atoms with van der Waals surface area (Å²) in [6.07, 6.45) is 1.71. The number of hydrogen-bond acceptors (Lipinski definition) is 5. The first-order valence-electron chi connectivity index (χ1n) is 6.70. The molecule has 0 saturated heterocycles. The summed E-state index contributed by atoms with van der Waals surface area (Å²) in [4.78, 5) is 17.3. The number of nitrogens with one attached hydrogen (secondary N) is 2. The lowest BCUT2D eigenvalue weighted by atomic mass is 10.1. The number of carbonyl (C=O) groups is 1. The van der Waals surface area contributed by atoms with Gasteiger partial charge in [0.1, 0.15) is 0 Å². The van der Waals surface area contributed by atoms with Gasteiger partial charge in [-0.2, -0.15) is 0 Å². The Morgan fingerprint density at radius 2 is 2.05 bits per heavy atom. The largest absolute Gasteiger partial charge is 0.347 e. The van der Waals surface area contributed by atoms with Crippen molar-refractivity contribution in [2.24, 2.45) is 0 Å². The topological polar surface area (TPSA) is 88.2 Å². The molecular weight excluding hydrogens is 322 g/mol. The molecule has 2 N–H and O–H groups in total. The molecule has 0 saturated carbocycles. The van der Waals surface area contributed by atoms with Gasteiger partial charge in [0.05, 0.1) is 28.6 Å². The van der Waals surface area contributed by atoms with Crippen molar-refractivity contribution in [2.45, 2.75) is 20.4 Å². The summed E-state index contributed by atoms with van der Waals surface area (Å²) >= 11 is 1.51. The molecule has 0 aliphatic heterocycles. The summed E-state index contributed by atoms with van der Waals surface area (Å²) in [5, 5.41) is 3.70.